The summed E-state index contributed by atoms with van der Waals surface area (Å²) in [5.74, 6) is 0.272. The number of para-hydroxylation sites is 1. The van der Waals surface area contributed by atoms with Gasteiger partial charge >= 0.3 is 0 Å². The average Bonchev–Trinajstić information content (AvgIpc) is 2.27. The van der Waals surface area contributed by atoms with E-state index in [-0.39, 0.29) is 12.3 Å². The van der Waals surface area contributed by atoms with Crippen molar-refractivity contribution < 1.29 is 13.2 Å². The van der Waals surface area contributed by atoms with E-state index in [2.05, 4.69) is 5.32 Å². The van der Waals surface area contributed by atoms with Crippen LogP contribution in [-0.2, 0) is 10.0 Å². The zero-order chi connectivity index (χ0) is 12.9. The molecule has 0 aromatic heterocycles. The fraction of sp³-hybridized carbons (Fsp3) is 0.300. The first-order valence-electron chi connectivity index (χ1n) is 4.79. The number of nitriles is 1. The van der Waals surface area contributed by atoms with Crippen LogP contribution in [0.25, 0.3) is 0 Å². The maximum atomic E-state index is 10.8. The van der Waals surface area contributed by atoms with Crippen LogP contribution in [0.5, 0.6) is 5.75 Å². The van der Waals surface area contributed by atoms with Crippen molar-refractivity contribution in [3.8, 4) is 11.8 Å². The summed E-state index contributed by atoms with van der Waals surface area (Å²) in [5, 5.41) is 16.6. The van der Waals surface area contributed by atoms with Gasteiger partial charge in [-0.15, -0.1) is 0 Å². The Labute approximate surface area is 100 Å². The highest BCUT2D eigenvalue weighted by atomic mass is 32.2. The number of hydrogen-bond donors (Lipinski definition) is 2. The van der Waals surface area contributed by atoms with Gasteiger partial charge in [0.25, 0.3) is 0 Å². The van der Waals surface area contributed by atoms with Gasteiger partial charge in [0.1, 0.15) is 11.8 Å². The van der Waals surface area contributed by atoms with Crippen molar-refractivity contribution in [2.75, 3.05) is 24.7 Å². The van der Waals surface area contributed by atoms with Gasteiger partial charge in [0.15, 0.2) is 0 Å². The van der Waals surface area contributed by atoms with E-state index in [1.807, 2.05) is 6.07 Å². The van der Waals surface area contributed by atoms with E-state index >= 15 is 0 Å². The minimum absolute atomic E-state index is 0.119. The zero-order valence-electron chi connectivity index (χ0n) is 9.30. The third-order valence-electron chi connectivity index (χ3n) is 2.05. The lowest BCUT2D eigenvalue weighted by molar-refractivity contribution is 0.416. The highest BCUT2D eigenvalue weighted by molar-refractivity contribution is 7.89. The molecular formula is C10H13N3O3S. The molecule has 0 amide bonds. The summed E-state index contributed by atoms with van der Waals surface area (Å²) in [7, 11) is -2.05. The number of primary sulfonamides is 1. The highest BCUT2D eigenvalue weighted by Gasteiger charge is 2.09. The van der Waals surface area contributed by atoms with Crippen molar-refractivity contribution in [3.05, 3.63) is 23.8 Å². The lowest BCUT2D eigenvalue weighted by atomic mass is 10.2. The Morgan fingerprint density at radius 2 is 2.24 bits per heavy atom. The van der Waals surface area contributed by atoms with E-state index in [1.54, 1.807) is 18.2 Å². The van der Waals surface area contributed by atoms with Crippen molar-refractivity contribution in [2.24, 2.45) is 5.14 Å². The molecule has 0 spiro atoms. The molecule has 92 valence electrons. The van der Waals surface area contributed by atoms with E-state index in [1.165, 1.54) is 7.11 Å². The van der Waals surface area contributed by atoms with Crippen molar-refractivity contribution in [3.63, 3.8) is 0 Å². The minimum atomic E-state index is -3.52. The molecule has 0 saturated carbocycles. The largest absolute Gasteiger partial charge is 0.495 e. The van der Waals surface area contributed by atoms with Gasteiger partial charge in [0.2, 0.25) is 10.0 Å². The first-order chi connectivity index (χ1) is 7.98. The third-order valence-corrected chi connectivity index (χ3v) is 2.83. The second-order valence-electron chi connectivity index (χ2n) is 3.29. The maximum absolute atomic E-state index is 10.8. The number of methoxy groups -OCH3 is 1. The molecule has 0 atom stereocenters. The molecule has 7 heteroatoms. The fourth-order valence-electron chi connectivity index (χ4n) is 1.30. The van der Waals surface area contributed by atoms with Crippen molar-refractivity contribution in [2.45, 2.75) is 0 Å². The molecule has 0 heterocycles. The smallest absolute Gasteiger partial charge is 0.210 e. The van der Waals surface area contributed by atoms with Crippen LogP contribution in [0, 0.1) is 11.3 Å². The van der Waals surface area contributed by atoms with E-state index in [4.69, 9.17) is 15.1 Å². The molecule has 0 aliphatic carbocycles. The van der Waals surface area contributed by atoms with Gasteiger partial charge in [0, 0.05) is 6.54 Å². The quantitative estimate of drug-likeness (QED) is 0.785. The monoisotopic (exact) mass is 255 g/mol. The number of anilines is 1. The van der Waals surface area contributed by atoms with Crippen LogP contribution in [0.4, 0.5) is 5.69 Å². The molecule has 0 bridgehead atoms. The molecule has 0 unspecified atom stereocenters. The van der Waals surface area contributed by atoms with Gasteiger partial charge in [-0.05, 0) is 12.1 Å². The number of nitrogens with two attached hydrogens (primary N) is 1. The summed E-state index contributed by atoms with van der Waals surface area (Å²) in [4.78, 5) is 0. The summed E-state index contributed by atoms with van der Waals surface area (Å²) in [5.41, 5.74) is 0.861. The van der Waals surface area contributed by atoms with Crippen molar-refractivity contribution in [1.82, 2.24) is 0 Å². The second-order valence-corrected chi connectivity index (χ2v) is 5.02. The molecule has 17 heavy (non-hydrogen) atoms. The molecule has 3 N–H and O–H groups in total. The first kappa shape index (κ1) is 13.3. The number of ether oxygens (including phenoxy) is 1. The highest BCUT2D eigenvalue weighted by Crippen LogP contribution is 2.27. The van der Waals surface area contributed by atoms with Crippen LogP contribution in [-0.4, -0.2) is 27.8 Å². The van der Waals surface area contributed by atoms with Gasteiger partial charge in [-0.25, -0.2) is 13.6 Å². The van der Waals surface area contributed by atoms with Crippen LogP contribution in [0.15, 0.2) is 18.2 Å². The average molecular weight is 255 g/mol. The molecule has 0 saturated heterocycles. The number of rotatable bonds is 5. The predicted octanol–water partition coefficient (Wildman–Crippen LogP) is 0.267. The van der Waals surface area contributed by atoms with Gasteiger partial charge in [0.05, 0.1) is 24.1 Å². The Balaban J connectivity index is 2.86. The lowest BCUT2D eigenvalue weighted by Crippen LogP contribution is -2.22. The van der Waals surface area contributed by atoms with Gasteiger partial charge in [-0.3, -0.25) is 0 Å². The second kappa shape index (κ2) is 5.52. The predicted molar refractivity (Wildman–Crippen MR) is 64.2 cm³/mol. The molecule has 0 aliphatic rings. The summed E-state index contributed by atoms with van der Waals surface area (Å²) in [6, 6.07) is 6.97. The summed E-state index contributed by atoms with van der Waals surface area (Å²) >= 11 is 0. The summed E-state index contributed by atoms with van der Waals surface area (Å²) in [6.45, 7) is 0.119. The Morgan fingerprint density at radius 3 is 2.76 bits per heavy atom. The van der Waals surface area contributed by atoms with Gasteiger partial charge < -0.3 is 10.1 Å². The lowest BCUT2D eigenvalue weighted by Gasteiger charge is -2.11. The Kier molecular flexibility index (Phi) is 4.31. The Morgan fingerprint density at radius 1 is 1.53 bits per heavy atom. The van der Waals surface area contributed by atoms with Crippen LogP contribution in [0.2, 0.25) is 0 Å². The molecule has 1 aromatic rings. The van der Waals surface area contributed by atoms with Crippen molar-refractivity contribution in [1.29, 1.82) is 5.26 Å². The molecule has 0 aliphatic heterocycles. The molecule has 6 nitrogen and oxygen atoms in total. The maximum Gasteiger partial charge on any atom is 0.210 e. The number of sulfonamides is 1. The van der Waals surface area contributed by atoms with Crippen LogP contribution in [0.1, 0.15) is 5.56 Å². The zero-order valence-corrected chi connectivity index (χ0v) is 10.1. The number of hydrogen-bond acceptors (Lipinski definition) is 5. The molecule has 0 fully saturated rings. The normalized spacial score (nSPS) is 10.6. The molecule has 1 aromatic carbocycles. The van der Waals surface area contributed by atoms with E-state index in [0.29, 0.717) is 17.0 Å². The van der Waals surface area contributed by atoms with Crippen LogP contribution in [0.3, 0.4) is 0 Å². The molecule has 0 radical (unpaired) electrons. The summed E-state index contributed by atoms with van der Waals surface area (Å²) in [6.07, 6.45) is 0. The standard InChI is InChI=1S/C10H13N3O3S/c1-16-9-4-2-3-8(7-11)10(9)13-5-6-17(12,14)15/h2-4,13H,5-6H2,1H3,(H2,12,14,15). The summed E-state index contributed by atoms with van der Waals surface area (Å²) < 4.78 is 26.6. The molecule has 1 rings (SSSR count). The van der Waals surface area contributed by atoms with E-state index < -0.39 is 10.0 Å². The first-order valence-corrected chi connectivity index (χ1v) is 6.51. The topological polar surface area (TPSA) is 105 Å². The Bertz CT molecular complexity index is 534. The van der Waals surface area contributed by atoms with Gasteiger partial charge in [-0.2, -0.15) is 5.26 Å². The van der Waals surface area contributed by atoms with E-state index in [0.717, 1.165) is 0 Å². The van der Waals surface area contributed by atoms with Gasteiger partial charge in [-0.1, -0.05) is 6.07 Å². The molecular weight excluding hydrogens is 242 g/mol. The van der Waals surface area contributed by atoms with Crippen LogP contribution < -0.4 is 15.2 Å². The number of nitrogens with zero attached hydrogens (tertiary/aromatic N) is 1. The van der Waals surface area contributed by atoms with Crippen molar-refractivity contribution >= 4 is 15.7 Å². The number of benzene rings is 1. The van der Waals surface area contributed by atoms with Crippen LogP contribution >= 0.6 is 0 Å². The third kappa shape index (κ3) is 3.94. The van der Waals surface area contributed by atoms with E-state index in [9.17, 15) is 8.42 Å². The number of nitrogens with one attached hydrogen (secondary N) is 1. The fourth-order valence-corrected chi connectivity index (χ4v) is 1.68. The SMILES string of the molecule is COc1cccc(C#N)c1NCCS(N)(=O)=O. The Hall–Kier alpha value is -1.78. The minimum Gasteiger partial charge on any atom is -0.495 e.